The molecule has 0 spiro atoms. The van der Waals surface area contributed by atoms with E-state index in [-0.39, 0.29) is 19.1 Å². The van der Waals surface area contributed by atoms with Crippen LogP contribution in [0.5, 0.6) is 0 Å². The topological polar surface area (TPSA) is 69.6 Å². The van der Waals surface area contributed by atoms with E-state index in [1.807, 2.05) is 0 Å². The van der Waals surface area contributed by atoms with Crippen LogP contribution in [0.3, 0.4) is 0 Å². The molecule has 1 heterocycles. The fourth-order valence-corrected chi connectivity index (χ4v) is 1.11. The van der Waals surface area contributed by atoms with E-state index in [2.05, 4.69) is 11.9 Å². The van der Waals surface area contributed by atoms with Gasteiger partial charge >= 0.3 is 12.0 Å². The van der Waals surface area contributed by atoms with Crippen LogP contribution in [0.25, 0.3) is 0 Å². The summed E-state index contributed by atoms with van der Waals surface area (Å²) in [4.78, 5) is 22.8. The molecule has 1 aliphatic rings. The molecule has 0 radical (unpaired) electrons. The van der Waals surface area contributed by atoms with Gasteiger partial charge in [0.15, 0.2) is 0 Å². The molecule has 2 amide bonds. The Hall–Kier alpha value is -1.52. The lowest BCUT2D eigenvalue weighted by atomic mass is 10.3. The molecule has 66 valence electrons. The molecular weight excluding hydrogens is 160 g/mol. The summed E-state index contributed by atoms with van der Waals surface area (Å²) < 4.78 is 0. The van der Waals surface area contributed by atoms with Crippen molar-refractivity contribution in [1.29, 1.82) is 0 Å². The SMILES string of the molecule is C=CCN1C(=O)NCC1C(=O)O. The third-order valence-electron chi connectivity index (χ3n) is 1.69. The van der Waals surface area contributed by atoms with Gasteiger partial charge < -0.3 is 15.3 Å². The predicted octanol–water partition coefficient (Wildman–Crippen LogP) is -0.349. The number of amides is 2. The van der Waals surface area contributed by atoms with Crippen LogP contribution < -0.4 is 5.32 Å². The summed E-state index contributed by atoms with van der Waals surface area (Å²) in [6, 6.07) is -1.10. The third kappa shape index (κ3) is 1.39. The Bertz CT molecular complexity index is 227. The van der Waals surface area contributed by atoms with Crippen LogP contribution in [-0.2, 0) is 4.79 Å². The summed E-state index contributed by atoms with van der Waals surface area (Å²) >= 11 is 0. The van der Waals surface area contributed by atoms with Crippen LogP contribution >= 0.6 is 0 Å². The van der Waals surface area contributed by atoms with Gasteiger partial charge in [-0.25, -0.2) is 9.59 Å². The van der Waals surface area contributed by atoms with E-state index < -0.39 is 12.0 Å². The number of rotatable bonds is 3. The van der Waals surface area contributed by atoms with Crippen LogP contribution in [0.2, 0.25) is 0 Å². The smallest absolute Gasteiger partial charge is 0.328 e. The zero-order valence-electron chi connectivity index (χ0n) is 6.49. The van der Waals surface area contributed by atoms with Crippen molar-refractivity contribution in [2.75, 3.05) is 13.1 Å². The molecule has 0 bridgehead atoms. The average Bonchev–Trinajstić information content (AvgIpc) is 2.34. The van der Waals surface area contributed by atoms with Gasteiger partial charge in [0.1, 0.15) is 6.04 Å². The largest absolute Gasteiger partial charge is 0.480 e. The van der Waals surface area contributed by atoms with Crippen molar-refractivity contribution in [3.8, 4) is 0 Å². The predicted molar refractivity (Wildman–Crippen MR) is 41.7 cm³/mol. The van der Waals surface area contributed by atoms with Gasteiger partial charge in [-0.15, -0.1) is 6.58 Å². The van der Waals surface area contributed by atoms with Crippen LogP contribution in [0.4, 0.5) is 4.79 Å². The number of hydrogen-bond donors (Lipinski definition) is 2. The molecule has 0 aromatic carbocycles. The minimum atomic E-state index is -0.991. The number of carbonyl (C=O) groups is 2. The number of carboxylic acid groups (broad SMARTS) is 1. The van der Waals surface area contributed by atoms with Crippen molar-refractivity contribution in [2.24, 2.45) is 0 Å². The molecule has 1 atom stereocenters. The fraction of sp³-hybridized carbons (Fsp3) is 0.429. The lowest BCUT2D eigenvalue weighted by Crippen LogP contribution is -2.39. The number of hydrogen-bond acceptors (Lipinski definition) is 2. The number of urea groups is 1. The van der Waals surface area contributed by atoms with Gasteiger partial charge in [-0.2, -0.15) is 0 Å². The molecule has 0 saturated carbocycles. The van der Waals surface area contributed by atoms with Gasteiger partial charge in [-0.05, 0) is 0 Å². The second-order valence-electron chi connectivity index (χ2n) is 2.48. The van der Waals surface area contributed by atoms with E-state index in [9.17, 15) is 9.59 Å². The molecule has 1 rings (SSSR count). The molecule has 0 aromatic rings. The highest BCUT2D eigenvalue weighted by Gasteiger charge is 2.34. The normalized spacial score (nSPS) is 22.2. The Morgan fingerprint density at radius 2 is 2.58 bits per heavy atom. The first-order chi connectivity index (χ1) is 5.66. The summed E-state index contributed by atoms with van der Waals surface area (Å²) in [5.74, 6) is -0.991. The molecule has 2 N–H and O–H groups in total. The van der Waals surface area contributed by atoms with Crippen molar-refractivity contribution in [3.63, 3.8) is 0 Å². The van der Waals surface area contributed by atoms with E-state index in [1.165, 1.54) is 11.0 Å². The van der Waals surface area contributed by atoms with Crippen molar-refractivity contribution in [2.45, 2.75) is 6.04 Å². The van der Waals surface area contributed by atoms with Gasteiger partial charge in [0.05, 0.1) is 6.54 Å². The van der Waals surface area contributed by atoms with Crippen molar-refractivity contribution in [3.05, 3.63) is 12.7 Å². The first kappa shape index (κ1) is 8.58. The minimum absolute atomic E-state index is 0.169. The van der Waals surface area contributed by atoms with Gasteiger partial charge in [-0.1, -0.05) is 6.08 Å². The number of nitrogens with zero attached hydrogens (tertiary/aromatic N) is 1. The molecule has 5 nitrogen and oxygen atoms in total. The van der Waals surface area contributed by atoms with Crippen molar-refractivity contribution in [1.82, 2.24) is 10.2 Å². The standard InChI is InChI=1S/C7H10N2O3/c1-2-3-9-5(6(10)11)4-8-7(9)12/h2,5H,1,3-4H2,(H,8,12)(H,10,11). The molecule has 1 aliphatic heterocycles. The van der Waals surface area contributed by atoms with E-state index in [4.69, 9.17) is 5.11 Å². The van der Waals surface area contributed by atoms with Crippen LogP contribution in [0.1, 0.15) is 0 Å². The van der Waals surface area contributed by atoms with Crippen LogP contribution in [0.15, 0.2) is 12.7 Å². The molecule has 12 heavy (non-hydrogen) atoms. The molecule has 1 unspecified atom stereocenters. The highest BCUT2D eigenvalue weighted by Crippen LogP contribution is 2.06. The molecule has 0 aromatic heterocycles. The second kappa shape index (κ2) is 3.25. The summed E-state index contributed by atoms with van der Waals surface area (Å²) in [5, 5.41) is 11.1. The highest BCUT2D eigenvalue weighted by atomic mass is 16.4. The summed E-state index contributed by atoms with van der Waals surface area (Å²) in [6.45, 7) is 3.87. The zero-order valence-corrected chi connectivity index (χ0v) is 6.49. The lowest BCUT2D eigenvalue weighted by molar-refractivity contribution is -0.140. The first-order valence-electron chi connectivity index (χ1n) is 3.55. The number of carbonyl (C=O) groups excluding carboxylic acids is 1. The Labute approximate surface area is 69.7 Å². The van der Waals surface area contributed by atoms with Gasteiger partial charge in [0.2, 0.25) is 0 Å². The zero-order chi connectivity index (χ0) is 9.14. The van der Waals surface area contributed by atoms with Gasteiger partial charge in [0, 0.05) is 6.54 Å². The Kier molecular flexibility index (Phi) is 2.32. The van der Waals surface area contributed by atoms with Gasteiger partial charge in [-0.3, -0.25) is 0 Å². The summed E-state index contributed by atoms with van der Waals surface area (Å²) in [5.41, 5.74) is 0. The van der Waals surface area contributed by atoms with E-state index in [0.29, 0.717) is 0 Å². The Morgan fingerprint density at radius 1 is 1.92 bits per heavy atom. The fourth-order valence-electron chi connectivity index (χ4n) is 1.11. The maximum Gasteiger partial charge on any atom is 0.328 e. The number of carboxylic acids is 1. The highest BCUT2D eigenvalue weighted by molar-refractivity contribution is 5.86. The monoisotopic (exact) mass is 170 g/mol. The number of nitrogens with one attached hydrogen (secondary N) is 1. The van der Waals surface area contributed by atoms with Crippen LogP contribution in [-0.4, -0.2) is 41.1 Å². The quantitative estimate of drug-likeness (QED) is 0.569. The van der Waals surface area contributed by atoms with Crippen molar-refractivity contribution < 1.29 is 14.7 Å². The summed E-state index contributed by atoms with van der Waals surface area (Å²) in [7, 11) is 0. The average molecular weight is 170 g/mol. The molecular formula is C7H10N2O3. The van der Waals surface area contributed by atoms with Crippen LogP contribution in [0, 0.1) is 0 Å². The molecule has 1 saturated heterocycles. The van der Waals surface area contributed by atoms with E-state index in [0.717, 1.165) is 0 Å². The molecule has 5 heteroatoms. The minimum Gasteiger partial charge on any atom is -0.480 e. The Morgan fingerprint density at radius 3 is 3.08 bits per heavy atom. The van der Waals surface area contributed by atoms with E-state index in [1.54, 1.807) is 0 Å². The van der Waals surface area contributed by atoms with Crippen molar-refractivity contribution >= 4 is 12.0 Å². The number of aliphatic carboxylic acids is 1. The first-order valence-corrected chi connectivity index (χ1v) is 3.55. The molecule has 1 fully saturated rings. The van der Waals surface area contributed by atoms with Gasteiger partial charge in [0.25, 0.3) is 0 Å². The summed E-state index contributed by atoms with van der Waals surface area (Å²) in [6.07, 6.45) is 1.50. The maximum atomic E-state index is 11.0. The maximum absolute atomic E-state index is 11.0. The molecule has 0 aliphatic carbocycles. The Balaban J connectivity index is 2.69. The lowest BCUT2D eigenvalue weighted by Gasteiger charge is -2.16. The second-order valence-corrected chi connectivity index (χ2v) is 2.48. The van der Waals surface area contributed by atoms with E-state index >= 15 is 0 Å². The third-order valence-corrected chi connectivity index (χ3v) is 1.69.